The molecule has 1 saturated heterocycles. The highest BCUT2D eigenvalue weighted by molar-refractivity contribution is 5.96. The molecule has 0 saturated carbocycles. The van der Waals surface area contributed by atoms with E-state index in [2.05, 4.69) is 0 Å². The number of likely N-dealkylation sites (tertiary alicyclic amines) is 1. The Hall–Kier alpha value is -2.83. The van der Waals surface area contributed by atoms with E-state index in [1.807, 2.05) is 0 Å². The van der Waals surface area contributed by atoms with Crippen molar-refractivity contribution < 1.29 is 23.1 Å². The second kappa shape index (κ2) is 6.74. The summed E-state index contributed by atoms with van der Waals surface area (Å²) >= 11 is 0. The first-order valence-electron chi connectivity index (χ1n) is 7.59. The third kappa shape index (κ3) is 3.56. The normalized spacial score (nSPS) is 17.0. The minimum atomic E-state index is -0.562. The number of hydrogen-bond acceptors (Lipinski definition) is 4. The Kier molecular flexibility index (Phi) is 4.50. The summed E-state index contributed by atoms with van der Waals surface area (Å²) in [6, 6.07) is 7.43. The van der Waals surface area contributed by atoms with Gasteiger partial charge in [0.25, 0.3) is 5.91 Å². The highest BCUT2D eigenvalue weighted by Crippen LogP contribution is 2.22. The summed E-state index contributed by atoms with van der Waals surface area (Å²) in [4.78, 5) is 25.2. The second-order valence-corrected chi connectivity index (χ2v) is 5.64. The summed E-state index contributed by atoms with van der Waals surface area (Å²) in [6.45, 7) is 0.899. The Bertz CT molecular complexity index is 759. The minimum Gasteiger partial charge on any atom is -0.488 e. The van der Waals surface area contributed by atoms with Crippen LogP contribution in [0.3, 0.4) is 0 Å². The number of ether oxygens (including phenoxy) is 1. The number of primary amides is 1. The van der Waals surface area contributed by atoms with Gasteiger partial charge in [-0.1, -0.05) is 6.07 Å². The summed E-state index contributed by atoms with van der Waals surface area (Å²) in [6.07, 6.45) is 1.68. The van der Waals surface area contributed by atoms with Crippen molar-refractivity contribution in [2.45, 2.75) is 18.9 Å². The van der Waals surface area contributed by atoms with E-state index in [9.17, 15) is 14.0 Å². The van der Waals surface area contributed by atoms with Crippen LogP contribution in [0.1, 0.15) is 22.5 Å². The zero-order chi connectivity index (χ0) is 17.1. The van der Waals surface area contributed by atoms with Crippen LogP contribution in [0.15, 0.2) is 41.0 Å². The fourth-order valence-electron chi connectivity index (χ4n) is 2.74. The van der Waals surface area contributed by atoms with Crippen LogP contribution in [0.2, 0.25) is 0 Å². The number of nitrogens with zero attached hydrogens (tertiary/aromatic N) is 1. The first-order chi connectivity index (χ1) is 11.5. The van der Waals surface area contributed by atoms with Crippen molar-refractivity contribution in [1.29, 1.82) is 0 Å². The SMILES string of the molecule is NC(=O)Cc1occc1C(=O)N1CCC(Oc2cccc(F)c2)C1. The molecule has 0 spiro atoms. The molecule has 6 nitrogen and oxygen atoms in total. The van der Waals surface area contributed by atoms with Gasteiger partial charge in [0.05, 0.1) is 24.8 Å². The molecule has 7 heteroatoms. The first-order valence-corrected chi connectivity index (χ1v) is 7.59. The van der Waals surface area contributed by atoms with Crippen molar-refractivity contribution in [3.05, 3.63) is 53.7 Å². The van der Waals surface area contributed by atoms with Crippen molar-refractivity contribution in [1.82, 2.24) is 4.90 Å². The molecule has 1 aliphatic rings. The third-order valence-electron chi connectivity index (χ3n) is 3.84. The smallest absolute Gasteiger partial charge is 0.257 e. The number of carbonyl (C=O) groups excluding carboxylic acids is 2. The lowest BCUT2D eigenvalue weighted by molar-refractivity contribution is -0.117. The van der Waals surface area contributed by atoms with E-state index >= 15 is 0 Å². The van der Waals surface area contributed by atoms with Gasteiger partial charge < -0.3 is 19.8 Å². The van der Waals surface area contributed by atoms with E-state index in [1.54, 1.807) is 17.0 Å². The van der Waals surface area contributed by atoms with Gasteiger partial charge in [-0.25, -0.2) is 4.39 Å². The van der Waals surface area contributed by atoms with Crippen molar-refractivity contribution in [3.63, 3.8) is 0 Å². The average Bonchev–Trinajstić information content (AvgIpc) is 3.15. The molecule has 24 heavy (non-hydrogen) atoms. The number of hydrogen-bond donors (Lipinski definition) is 1. The molecule has 2 aromatic rings. The van der Waals surface area contributed by atoms with Gasteiger partial charge in [-0.3, -0.25) is 9.59 Å². The molecular formula is C17H17FN2O4. The minimum absolute atomic E-state index is 0.120. The molecule has 1 atom stereocenters. The van der Waals surface area contributed by atoms with Crippen LogP contribution in [0, 0.1) is 5.82 Å². The number of furan rings is 1. The van der Waals surface area contributed by atoms with Crippen LogP contribution < -0.4 is 10.5 Å². The summed E-state index contributed by atoms with van der Waals surface area (Å²) in [5, 5.41) is 0. The number of halogens is 1. The lowest BCUT2D eigenvalue weighted by Crippen LogP contribution is -2.31. The Morgan fingerprint density at radius 2 is 2.21 bits per heavy atom. The topological polar surface area (TPSA) is 85.8 Å². The van der Waals surface area contributed by atoms with Gasteiger partial charge in [-0.2, -0.15) is 0 Å². The van der Waals surface area contributed by atoms with Crippen LogP contribution in [0.5, 0.6) is 5.75 Å². The monoisotopic (exact) mass is 332 g/mol. The van der Waals surface area contributed by atoms with Gasteiger partial charge in [0.1, 0.15) is 23.4 Å². The van der Waals surface area contributed by atoms with E-state index in [0.717, 1.165) is 0 Å². The van der Waals surface area contributed by atoms with Gasteiger partial charge in [0.2, 0.25) is 5.91 Å². The molecule has 3 rings (SSSR count). The molecule has 0 aliphatic carbocycles. The van der Waals surface area contributed by atoms with Crippen molar-refractivity contribution in [2.24, 2.45) is 5.73 Å². The van der Waals surface area contributed by atoms with Gasteiger partial charge in [-0.15, -0.1) is 0 Å². The predicted molar refractivity (Wildman–Crippen MR) is 82.9 cm³/mol. The van der Waals surface area contributed by atoms with E-state index in [0.29, 0.717) is 30.8 Å². The predicted octanol–water partition coefficient (Wildman–Crippen LogP) is 1.74. The van der Waals surface area contributed by atoms with Crippen molar-refractivity contribution in [2.75, 3.05) is 13.1 Å². The Labute approximate surface area is 138 Å². The Morgan fingerprint density at radius 1 is 1.38 bits per heavy atom. The van der Waals surface area contributed by atoms with Crippen molar-refractivity contribution >= 4 is 11.8 Å². The largest absolute Gasteiger partial charge is 0.488 e. The number of nitrogens with two attached hydrogens (primary N) is 1. The van der Waals surface area contributed by atoms with Crippen LogP contribution in [-0.2, 0) is 11.2 Å². The summed E-state index contributed by atoms with van der Waals surface area (Å²) in [5.41, 5.74) is 5.49. The highest BCUT2D eigenvalue weighted by Gasteiger charge is 2.30. The molecule has 1 aliphatic heterocycles. The molecular weight excluding hydrogens is 315 g/mol. The van der Waals surface area contributed by atoms with Gasteiger partial charge in [0, 0.05) is 19.0 Å². The lowest BCUT2D eigenvalue weighted by atomic mass is 10.2. The average molecular weight is 332 g/mol. The third-order valence-corrected chi connectivity index (χ3v) is 3.84. The standard InChI is InChI=1S/C17H17FN2O4/c18-11-2-1-3-12(8-11)24-13-4-6-20(10-13)17(22)14-5-7-23-15(14)9-16(19)21/h1-3,5,7-8,13H,4,6,9-10H2,(H2,19,21). The fraction of sp³-hybridized carbons (Fsp3) is 0.294. The number of benzene rings is 1. The summed E-state index contributed by atoms with van der Waals surface area (Å²) < 4.78 is 24.1. The second-order valence-electron chi connectivity index (χ2n) is 5.64. The van der Waals surface area contributed by atoms with Crippen LogP contribution >= 0.6 is 0 Å². The molecule has 1 unspecified atom stereocenters. The van der Waals surface area contributed by atoms with E-state index < -0.39 is 5.91 Å². The van der Waals surface area contributed by atoms with E-state index in [-0.39, 0.29) is 30.0 Å². The molecule has 2 N–H and O–H groups in total. The highest BCUT2D eigenvalue weighted by atomic mass is 19.1. The summed E-state index contributed by atoms with van der Waals surface area (Å²) in [5.74, 6) is -0.458. The summed E-state index contributed by atoms with van der Waals surface area (Å²) in [7, 11) is 0. The molecule has 1 aromatic heterocycles. The first kappa shape index (κ1) is 16.0. The van der Waals surface area contributed by atoms with Crippen LogP contribution in [0.4, 0.5) is 4.39 Å². The number of rotatable bonds is 5. The zero-order valence-corrected chi connectivity index (χ0v) is 12.9. The lowest BCUT2D eigenvalue weighted by Gasteiger charge is -2.17. The Morgan fingerprint density at radius 3 is 2.96 bits per heavy atom. The quantitative estimate of drug-likeness (QED) is 0.904. The molecule has 1 aromatic carbocycles. The van der Waals surface area contributed by atoms with Crippen molar-refractivity contribution in [3.8, 4) is 5.75 Å². The van der Waals surface area contributed by atoms with E-state index in [4.69, 9.17) is 14.9 Å². The number of carbonyl (C=O) groups is 2. The molecule has 0 radical (unpaired) electrons. The molecule has 126 valence electrons. The van der Waals surface area contributed by atoms with Gasteiger partial charge in [0.15, 0.2) is 0 Å². The van der Waals surface area contributed by atoms with Gasteiger partial charge in [-0.05, 0) is 18.2 Å². The van der Waals surface area contributed by atoms with Crippen LogP contribution in [-0.4, -0.2) is 35.9 Å². The van der Waals surface area contributed by atoms with Crippen LogP contribution in [0.25, 0.3) is 0 Å². The number of amides is 2. The molecule has 0 bridgehead atoms. The molecule has 2 amide bonds. The zero-order valence-electron chi connectivity index (χ0n) is 12.9. The maximum absolute atomic E-state index is 13.2. The van der Waals surface area contributed by atoms with Gasteiger partial charge >= 0.3 is 0 Å². The fourth-order valence-corrected chi connectivity index (χ4v) is 2.74. The maximum atomic E-state index is 13.2. The Balaban J connectivity index is 1.64. The van der Waals surface area contributed by atoms with E-state index in [1.165, 1.54) is 24.5 Å². The molecule has 2 heterocycles. The molecule has 1 fully saturated rings. The maximum Gasteiger partial charge on any atom is 0.257 e.